The Morgan fingerprint density at radius 2 is 1.72 bits per heavy atom. The number of ether oxygens (including phenoxy) is 1. The van der Waals surface area contributed by atoms with Gasteiger partial charge in [0, 0.05) is 0 Å². The molecule has 0 saturated carbocycles. The lowest BCUT2D eigenvalue weighted by Crippen LogP contribution is -2.31. The number of hydrogen-bond donors (Lipinski definition) is 0. The average Bonchev–Trinajstić information content (AvgIpc) is 2.79. The molecule has 1 aliphatic carbocycles. The first-order chi connectivity index (χ1) is 11.8. The van der Waals surface area contributed by atoms with Gasteiger partial charge in [0.25, 0.3) is 5.69 Å². The lowest BCUT2D eigenvalue weighted by Gasteiger charge is -2.23. The van der Waals surface area contributed by atoms with Crippen molar-refractivity contribution < 1.29 is 19.2 Å². The van der Waals surface area contributed by atoms with Crippen molar-refractivity contribution in [3.8, 4) is 5.75 Å². The molecule has 0 N–H and O–H groups in total. The second-order valence-corrected chi connectivity index (χ2v) is 6.53. The van der Waals surface area contributed by atoms with Gasteiger partial charge in [-0.15, -0.1) is 0 Å². The number of fused-ring (bicyclic) bond motifs is 1. The van der Waals surface area contributed by atoms with Crippen molar-refractivity contribution in [2.75, 3.05) is 11.5 Å². The van der Waals surface area contributed by atoms with E-state index in [0.717, 1.165) is 16.0 Å². The van der Waals surface area contributed by atoms with Crippen LogP contribution >= 0.6 is 0 Å². The number of benzene rings is 1. The molecule has 1 aliphatic heterocycles. The van der Waals surface area contributed by atoms with Crippen LogP contribution in [0.25, 0.3) is 0 Å². The van der Waals surface area contributed by atoms with Crippen LogP contribution in [0.15, 0.2) is 29.3 Å². The fourth-order valence-corrected chi connectivity index (χ4v) is 3.58. The first-order valence-corrected chi connectivity index (χ1v) is 8.29. The van der Waals surface area contributed by atoms with E-state index in [1.807, 2.05) is 13.8 Å². The van der Waals surface area contributed by atoms with Crippen LogP contribution in [0.5, 0.6) is 5.75 Å². The molecular weight excluding hydrogens is 324 g/mol. The van der Waals surface area contributed by atoms with E-state index < -0.39 is 16.8 Å². The minimum Gasteiger partial charge on any atom is -0.494 e. The van der Waals surface area contributed by atoms with Crippen LogP contribution in [0, 0.1) is 22.0 Å². The maximum atomic E-state index is 12.8. The Morgan fingerprint density at radius 1 is 1.16 bits per heavy atom. The van der Waals surface area contributed by atoms with Crippen LogP contribution in [0.3, 0.4) is 0 Å². The smallest absolute Gasteiger partial charge is 0.297 e. The highest BCUT2D eigenvalue weighted by Crippen LogP contribution is 2.44. The molecule has 7 heteroatoms. The molecule has 1 fully saturated rings. The van der Waals surface area contributed by atoms with Gasteiger partial charge in [0.15, 0.2) is 0 Å². The largest absolute Gasteiger partial charge is 0.494 e. The summed E-state index contributed by atoms with van der Waals surface area (Å²) in [4.78, 5) is 37.5. The van der Waals surface area contributed by atoms with Crippen molar-refractivity contribution in [1.29, 1.82) is 0 Å². The fraction of sp³-hybridized carbons (Fsp3) is 0.444. The third-order valence-electron chi connectivity index (χ3n) is 5.04. The number of anilines is 1. The number of rotatable bonds is 4. The summed E-state index contributed by atoms with van der Waals surface area (Å²) in [5.41, 5.74) is 1.96. The van der Waals surface area contributed by atoms with E-state index in [9.17, 15) is 19.7 Å². The predicted octanol–water partition coefficient (Wildman–Crippen LogP) is 3.23. The van der Waals surface area contributed by atoms with Crippen molar-refractivity contribution in [1.82, 2.24) is 0 Å². The molecule has 132 valence electrons. The summed E-state index contributed by atoms with van der Waals surface area (Å²) in [5.74, 6) is -1.23. The van der Waals surface area contributed by atoms with Crippen molar-refractivity contribution in [2.24, 2.45) is 11.8 Å². The monoisotopic (exact) mass is 344 g/mol. The molecule has 1 saturated heterocycles. The second-order valence-electron chi connectivity index (χ2n) is 6.53. The van der Waals surface area contributed by atoms with Gasteiger partial charge in [0.05, 0.1) is 29.4 Å². The normalized spacial score (nSPS) is 23.1. The topological polar surface area (TPSA) is 89.8 Å². The predicted molar refractivity (Wildman–Crippen MR) is 91.3 cm³/mol. The zero-order chi connectivity index (χ0) is 18.3. The highest BCUT2D eigenvalue weighted by atomic mass is 16.6. The van der Waals surface area contributed by atoms with E-state index >= 15 is 0 Å². The lowest BCUT2D eigenvalue weighted by molar-refractivity contribution is -0.384. The van der Waals surface area contributed by atoms with Crippen molar-refractivity contribution in [3.05, 3.63) is 39.5 Å². The molecule has 1 heterocycles. The molecule has 0 radical (unpaired) electrons. The summed E-state index contributed by atoms with van der Waals surface area (Å²) < 4.78 is 5.29. The van der Waals surface area contributed by atoms with Gasteiger partial charge in [0.1, 0.15) is 11.4 Å². The Balaban J connectivity index is 2.02. The van der Waals surface area contributed by atoms with E-state index in [0.29, 0.717) is 25.2 Å². The fourth-order valence-electron chi connectivity index (χ4n) is 3.58. The standard InChI is InChI=1S/C18H20N2O5/c1-4-25-12-5-6-15(16(9-12)20(23)24)19-17(21)13-7-10(2)11(3)8-14(13)18(19)22/h5-6,9,13-14H,4,7-8H2,1-3H3/t13-,14-/m1/s1. The van der Waals surface area contributed by atoms with Crippen molar-refractivity contribution in [3.63, 3.8) is 0 Å². The van der Waals surface area contributed by atoms with Crippen LogP contribution in [-0.4, -0.2) is 23.3 Å². The van der Waals surface area contributed by atoms with Gasteiger partial charge in [-0.25, -0.2) is 4.90 Å². The third kappa shape index (κ3) is 2.79. The third-order valence-corrected chi connectivity index (χ3v) is 5.04. The van der Waals surface area contributed by atoms with Crippen LogP contribution < -0.4 is 9.64 Å². The minimum atomic E-state index is -0.588. The molecule has 0 aromatic heterocycles. The number of hydrogen-bond acceptors (Lipinski definition) is 5. The number of allylic oxidation sites excluding steroid dienone is 2. The Kier molecular flexibility index (Phi) is 4.32. The first kappa shape index (κ1) is 17.1. The average molecular weight is 344 g/mol. The van der Waals surface area contributed by atoms with Gasteiger partial charge in [0.2, 0.25) is 11.8 Å². The van der Waals surface area contributed by atoms with Gasteiger partial charge < -0.3 is 4.74 Å². The molecule has 0 unspecified atom stereocenters. The number of carbonyl (C=O) groups is 2. The van der Waals surface area contributed by atoms with Gasteiger partial charge in [-0.2, -0.15) is 0 Å². The van der Waals surface area contributed by atoms with Gasteiger partial charge in [-0.3, -0.25) is 19.7 Å². The number of amides is 2. The van der Waals surface area contributed by atoms with E-state index in [-0.39, 0.29) is 23.2 Å². The summed E-state index contributed by atoms with van der Waals surface area (Å²) >= 11 is 0. The zero-order valence-corrected chi connectivity index (χ0v) is 14.4. The minimum absolute atomic E-state index is 0.0214. The molecule has 1 aromatic carbocycles. The molecule has 25 heavy (non-hydrogen) atoms. The molecule has 0 bridgehead atoms. The molecule has 2 atom stereocenters. The van der Waals surface area contributed by atoms with Gasteiger partial charge in [-0.1, -0.05) is 11.1 Å². The summed E-state index contributed by atoms with van der Waals surface area (Å²) in [6.45, 7) is 6.07. The number of nitro benzene ring substituents is 1. The zero-order valence-electron chi connectivity index (χ0n) is 14.4. The maximum absolute atomic E-state index is 12.8. The molecule has 7 nitrogen and oxygen atoms in total. The maximum Gasteiger partial charge on any atom is 0.297 e. The van der Waals surface area contributed by atoms with Crippen LogP contribution in [-0.2, 0) is 9.59 Å². The van der Waals surface area contributed by atoms with Crippen LogP contribution in [0.1, 0.15) is 33.6 Å². The molecule has 1 aromatic rings. The summed E-state index contributed by atoms with van der Waals surface area (Å²) in [6.07, 6.45) is 1.06. The molecule has 0 spiro atoms. The Labute approximate surface area is 145 Å². The van der Waals surface area contributed by atoms with E-state index in [2.05, 4.69) is 0 Å². The molecule has 2 aliphatic rings. The number of carbonyl (C=O) groups excluding carboxylic acids is 2. The van der Waals surface area contributed by atoms with Crippen LogP contribution in [0.4, 0.5) is 11.4 Å². The Hall–Kier alpha value is -2.70. The number of imide groups is 1. The highest BCUT2D eigenvalue weighted by molar-refractivity contribution is 6.23. The second kappa shape index (κ2) is 6.31. The van der Waals surface area contributed by atoms with Crippen molar-refractivity contribution >= 4 is 23.2 Å². The van der Waals surface area contributed by atoms with E-state index in [1.54, 1.807) is 13.0 Å². The molecule has 3 rings (SSSR count). The quantitative estimate of drug-likeness (QED) is 0.362. The van der Waals surface area contributed by atoms with Gasteiger partial charge in [-0.05, 0) is 45.7 Å². The van der Waals surface area contributed by atoms with Crippen molar-refractivity contribution in [2.45, 2.75) is 33.6 Å². The Morgan fingerprint density at radius 3 is 2.20 bits per heavy atom. The molecule has 2 amide bonds. The number of nitro groups is 1. The first-order valence-electron chi connectivity index (χ1n) is 8.29. The number of nitrogens with zero attached hydrogens (tertiary/aromatic N) is 2. The van der Waals surface area contributed by atoms with Crippen LogP contribution in [0.2, 0.25) is 0 Å². The van der Waals surface area contributed by atoms with E-state index in [4.69, 9.17) is 4.74 Å². The highest BCUT2D eigenvalue weighted by Gasteiger charge is 2.51. The SMILES string of the molecule is CCOc1ccc(N2C(=O)[C@@H]3CC(C)=C(C)C[C@H]3C2=O)c([N+](=O)[O-])c1. The van der Waals surface area contributed by atoms with Gasteiger partial charge >= 0.3 is 0 Å². The Bertz CT molecular complexity index is 767. The summed E-state index contributed by atoms with van der Waals surface area (Å²) in [5, 5.41) is 11.5. The molecular formula is C18H20N2O5. The summed E-state index contributed by atoms with van der Waals surface area (Å²) in [6, 6.07) is 4.22. The van der Waals surface area contributed by atoms with E-state index in [1.165, 1.54) is 12.1 Å². The summed E-state index contributed by atoms with van der Waals surface area (Å²) in [7, 11) is 0. The lowest BCUT2D eigenvalue weighted by atomic mass is 9.78.